The number of aromatic nitrogens is 1. The molecule has 0 saturated heterocycles. The molecular weight excluding hydrogens is 239 g/mol. The van der Waals surface area contributed by atoms with Gasteiger partial charge in [-0.15, -0.1) is 0 Å². The molecule has 0 fully saturated rings. The zero-order chi connectivity index (χ0) is 13.5. The minimum atomic E-state index is -0.258. The lowest BCUT2D eigenvalue weighted by molar-refractivity contribution is 0.547. The third-order valence-electron chi connectivity index (χ3n) is 3.66. The maximum atomic E-state index is 13.4. The summed E-state index contributed by atoms with van der Waals surface area (Å²) in [6.07, 6.45) is 12.8. The van der Waals surface area contributed by atoms with Crippen LogP contribution in [0, 0.1) is 5.82 Å². The second-order valence-corrected chi connectivity index (χ2v) is 5.16. The van der Waals surface area contributed by atoms with E-state index in [1.165, 1.54) is 37.5 Å². The number of hydrogen-bond donors (Lipinski definition) is 1. The van der Waals surface area contributed by atoms with Gasteiger partial charge in [0.15, 0.2) is 0 Å². The smallest absolute Gasteiger partial charge is 0.141 e. The van der Waals surface area contributed by atoms with Gasteiger partial charge in [-0.2, -0.15) is 0 Å². The molecule has 1 heterocycles. The van der Waals surface area contributed by atoms with Crippen LogP contribution in [-0.2, 0) is 0 Å². The van der Waals surface area contributed by atoms with E-state index in [1.54, 1.807) is 12.3 Å². The highest BCUT2D eigenvalue weighted by atomic mass is 19.1. The lowest BCUT2D eigenvalue weighted by Crippen LogP contribution is -2.23. The van der Waals surface area contributed by atoms with E-state index in [9.17, 15) is 4.39 Å². The first-order valence-electron chi connectivity index (χ1n) is 7.34. The summed E-state index contributed by atoms with van der Waals surface area (Å²) in [5.41, 5.74) is 2.34. The first-order valence-corrected chi connectivity index (χ1v) is 7.34. The maximum absolute atomic E-state index is 13.4. The van der Waals surface area contributed by atoms with Crippen LogP contribution < -0.4 is 5.32 Å². The zero-order valence-corrected chi connectivity index (χ0v) is 11.7. The van der Waals surface area contributed by atoms with Crippen molar-refractivity contribution >= 4 is 0 Å². The molecule has 0 amide bonds. The van der Waals surface area contributed by atoms with E-state index in [0.717, 1.165) is 24.9 Å². The highest BCUT2D eigenvalue weighted by Gasteiger charge is 2.17. The van der Waals surface area contributed by atoms with Gasteiger partial charge in [-0.05, 0) is 43.9 Å². The molecule has 1 aromatic rings. The third kappa shape index (κ3) is 4.13. The van der Waals surface area contributed by atoms with E-state index in [-0.39, 0.29) is 11.9 Å². The molecule has 0 radical (unpaired) electrons. The van der Waals surface area contributed by atoms with Crippen LogP contribution in [0.1, 0.15) is 57.1 Å². The standard InChI is InChI=1S/C16H23FN2/c1-2-19-16(14-10-15(17)12-18-11-14)13-8-6-4-3-5-7-9-13/h8,10-12,16,19H,2-7,9H2,1H3/b13-8+. The Kier molecular flexibility index (Phi) is 5.52. The summed E-state index contributed by atoms with van der Waals surface area (Å²) >= 11 is 0. The summed E-state index contributed by atoms with van der Waals surface area (Å²) in [6, 6.07) is 1.71. The van der Waals surface area contributed by atoms with Crippen molar-refractivity contribution in [2.45, 2.75) is 51.5 Å². The average Bonchev–Trinajstić information content (AvgIpc) is 2.36. The van der Waals surface area contributed by atoms with Crippen molar-refractivity contribution in [2.24, 2.45) is 0 Å². The van der Waals surface area contributed by atoms with Crippen molar-refractivity contribution < 1.29 is 4.39 Å². The second-order valence-electron chi connectivity index (χ2n) is 5.16. The van der Waals surface area contributed by atoms with Gasteiger partial charge < -0.3 is 5.32 Å². The first kappa shape index (κ1) is 14.2. The summed E-state index contributed by atoms with van der Waals surface area (Å²) in [4.78, 5) is 3.98. The van der Waals surface area contributed by atoms with Crippen molar-refractivity contribution in [3.8, 4) is 0 Å². The van der Waals surface area contributed by atoms with Gasteiger partial charge in [-0.3, -0.25) is 4.98 Å². The van der Waals surface area contributed by atoms with E-state index >= 15 is 0 Å². The molecule has 3 heteroatoms. The molecule has 0 bridgehead atoms. The predicted molar refractivity (Wildman–Crippen MR) is 76.4 cm³/mol. The highest BCUT2D eigenvalue weighted by molar-refractivity contribution is 5.26. The predicted octanol–water partition coefficient (Wildman–Crippen LogP) is 4.15. The maximum Gasteiger partial charge on any atom is 0.141 e. The number of nitrogens with zero attached hydrogens (tertiary/aromatic N) is 1. The van der Waals surface area contributed by atoms with Crippen molar-refractivity contribution in [1.29, 1.82) is 0 Å². The van der Waals surface area contributed by atoms with Gasteiger partial charge >= 0.3 is 0 Å². The highest BCUT2D eigenvalue weighted by Crippen LogP contribution is 2.28. The Balaban J connectivity index is 2.22. The van der Waals surface area contributed by atoms with Crippen LogP contribution in [0.2, 0.25) is 0 Å². The monoisotopic (exact) mass is 262 g/mol. The molecule has 1 N–H and O–H groups in total. The van der Waals surface area contributed by atoms with Crippen LogP contribution in [0.4, 0.5) is 4.39 Å². The quantitative estimate of drug-likeness (QED) is 0.824. The van der Waals surface area contributed by atoms with Crippen molar-refractivity contribution in [3.05, 3.63) is 41.5 Å². The largest absolute Gasteiger partial charge is 0.307 e. The minimum absolute atomic E-state index is 0.117. The average molecular weight is 262 g/mol. The molecule has 2 rings (SSSR count). The fourth-order valence-electron chi connectivity index (χ4n) is 2.73. The van der Waals surface area contributed by atoms with Gasteiger partial charge in [-0.1, -0.05) is 31.4 Å². The number of halogens is 1. The first-order chi connectivity index (χ1) is 9.31. The van der Waals surface area contributed by atoms with Gasteiger partial charge in [0, 0.05) is 6.20 Å². The number of pyridine rings is 1. The van der Waals surface area contributed by atoms with Gasteiger partial charge in [0.05, 0.1) is 12.2 Å². The lowest BCUT2D eigenvalue weighted by Gasteiger charge is -2.23. The van der Waals surface area contributed by atoms with Crippen LogP contribution >= 0.6 is 0 Å². The molecule has 104 valence electrons. The Labute approximate surface area is 115 Å². The van der Waals surface area contributed by atoms with Gasteiger partial charge in [-0.25, -0.2) is 4.39 Å². The Hall–Kier alpha value is -1.22. The Morgan fingerprint density at radius 3 is 2.89 bits per heavy atom. The molecule has 1 unspecified atom stereocenters. The minimum Gasteiger partial charge on any atom is -0.307 e. The molecule has 1 aliphatic rings. The Morgan fingerprint density at radius 1 is 1.26 bits per heavy atom. The lowest BCUT2D eigenvalue weighted by atomic mass is 9.91. The third-order valence-corrected chi connectivity index (χ3v) is 3.66. The summed E-state index contributed by atoms with van der Waals surface area (Å²) in [6.45, 7) is 2.96. The molecular formula is C16H23FN2. The normalized spacial score (nSPS) is 21.1. The van der Waals surface area contributed by atoms with Gasteiger partial charge in [0.25, 0.3) is 0 Å². The number of nitrogens with one attached hydrogen (secondary N) is 1. The van der Waals surface area contributed by atoms with Gasteiger partial charge in [0.2, 0.25) is 0 Å². The fraction of sp³-hybridized carbons (Fsp3) is 0.562. The number of rotatable bonds is 4. The van der Waals surface area contributed by atoms with E-state index in [1.807, 2.05) is 0 Å². The van der Waals surface area contributed by atoms with Crippen molar-refractivity contribution in [2.75, 3.05) is 6.54 Å². The molecule has 1 aliphatic carbocycles. The van der Waals surface area contributed by atoms with Crippen LogP contribution in [0.25, 0.3) is 0 Å². The number of hydrogen-bond acceptors (Lipinski definition) is 2. The topological polar surface area (TPSA) is 24.9 Å². The van der Waals surface area contributed by atoms with E-state index < -0.39 is 0 Å². The fourth-order valence-corrected chi connectivity index (χ4v) is 2.73. The van der Waals surface area contributed by atoms with Crippen LogP contribution in [0.15, 0.2) is 30.1 Å². The molecule has 19 heavy (non-hydrogen) atoms. The molecule has 0 saturated carbocycles. The summed E-state index contributed by atoms with van der Waals surface area (Å²) in [5, 5.41) is 3.47. The van der Waals surface area contributed by atoms with Crippen LogP contribution in [-0.4, -0.2) is 11.5 Å². The molecule has 0 aliphatic heterocycles. The van der Waals surface area contributed by atoms with Crippen molar-refractivity contribution in [1.82, 2.24) is 10.3 Å². The molecule has 2 nitrogen and oxygen atoms in total. The molecule has 0 aromatic carbocycles. The Bertz CT molecular complexity index is 429. The zero-order valence-electron chi connectivity index (χ0n) is 11.7. The SMILES string of the molecule is CCNC(/C1=C/CCCCCC1)c1cncc(F)c1. The van der Waals surface area contributed by atoms with E-state index in [2.05, 4.69) is 23.3 Å². The molecule has 1 atom stereocenters. The van der Waals surface area contributed by atoms with Crippen LogP contribution in [0.3, 0.4) is 0 Å². The summed E-state index contributed by atoms with van der Waals surface area (Å²) < 4.78 is 13.4. The number of allylic oxidation sites excluding steroid dienone is 1. The van der Waals surface area contributed by atoms with Gasteiger partial charge in [0.1, 0.15) is 5.82 Å². The summed E-state index contributed by atoms with van der Waals surface area (Å²) in [7, 11) is 0. The van der Waals surface area contributed by atoms with Crippen molar-refractivity contribution in [3.63, 3.8) is 0 Å². The van der Waals surface area contributed by atoms with E-state index in [4.69, 9.17) is 0 Å². The van der Waals surface area contributed by atoms with E-state index in [0.29, 0.717) is 0 Å². The number of likely N-dealkylation sites (N-methyl/N-ethyl adjacent to an activating group) is 1. The Morgan fingerprint density at radius 2 is 2.11 bits per heavy atom. The second kappa shape index (κ2) is 7.39. The summed E-state index contributed by atoms with van der Waals surface area (Å²) in [5.74, 6) is -0.258. The molecule has 1 aromatic heterocycles. The van der Waals surface area contributed by atoms with Crippen LogP contribution in [0.5, 0.6) is 0 Å². The molecule has 0 spiro atoms.